The number of hydrogen-bond donors (Lipinski definition) is 1. The summed E-state index contributed by atoms with van der Waals surface area (Å²) in [7, 11) is 1.84. The van der Waals surface area contributed by atoms with Gasteiger partial charge in [-0.15, -0.1) is 0 Å². The molecular weight excluding hydrogens is 260 g/mol. The summed E-state index contributed by atoms with van der Waals surface area (Å²) in [6.45, 7) is 9.52. The Kier molecular flexibility index (Phi) is 7.48. The minimum Gasteiger partial charge on any atom is -0.384 e. The zero-order valence-electron chi connectivity index (χ0n) is 14.3. The molecule has 1 saturated heterocycles. The van der Waals surface area contributed by atoms with Gasteiger partial charge in [-0.1, -0.05) is 26.2 Å². The predicted octanol–water partition coefficient (Wildman–Crippen LogP) is 3.29. The highest BCUT2D eigenvalue weighted by molar-refractivity contribution is 4.89. The molecule has 1 N–H and O–H groups in total. The lowest BCUT2D eigenvalue weighted by molar-refractivity contribution is 0.0570. The first-order valence-electron chi connectivity index (χ1n) is 9.20. The quantitative estimate of drug-likeness (QED) is 0.696. The van der Waals surface area contributed by atoms with Gasteiger partial charge < -0.3 is 15.0 Å². The standard InChI is InChI=1S/C18H36N2O/c1-3-11-19-15-18(9-5-4-6-10-18)16-20-12-7-17(8-13-20)14-21-2/h17,19H,3-16H2,1-2H3. The molecule has 0 bridgehead atoms. The highest BCUT2D eigenvalue weighted by Crippen LogP contribution is 2.37. The van der Waals surface area contributed by atoms with Crippen LogP contribution in [0.15, 0.2) is 0 Å². The van der Waals surface area contributed by atoms with Crippen LogP contribution < -0.4 is 5.32 Å². The zero-order valence-corrected chi connectivity index (χ0v) is 14.3. The second-order valence-electron chi connectivity index (χ2n) is 7.41. The number of hydrogen-bond acceptors (Lipinski definition) is 3. The van der Waals surface area contributed by atoms with E-state index in [1.807, 2.05) is 7.11 Å². The average Bonchev–Trinajstić information content (AvgIpc) is 2.51. The molecule has 21 heavy (non-hydrogen) atoms. The Morgan fingerprint density at radius 2 is 1.86 bits per heavy atom. The lowest BCUT2D eigenvalue weighted by Gasteiger charge is -2.43. The van der Waals surface area contributed by atoms with Crippen molar-refractivity contribution in [3.63, 3.8) is 0 Å². The maximum Gasteiger partial charge on any atom is 0.0491 e. The molecule has 1 heterocycles. The van der Waals surface area contributed by atoms with E-state index >= 15 is 0 Å². The van der Waals surface area contributed by atoms with Gasteiger partial charge in [0.25, 0.3) is 0 Å². The van der Waals surface area contributed by atoms with Gasteiger partial charge in [-0.25, -0.2) is 0 Å². The summed E-state index contributed by atoms with van der Waals surface area (Å²) in [6, 6.07) is 0. The van der Waals surface area contributed by atoms with E-state index in [1.165, 1.54) is 84.1 Å². The van der Waals surface area contributed by atoms with E-state index in [4.69, 9.17) is 4.74 Å². The Morgan fingerprint density at radius 1 is 1.14 bits per heavy atom. The fraction of sp³-hybridized carbons (Fsp3) is 1.00. The SMILES string of the molecule is CCCNCC1(CN2CCC(COC)CC2)CCCCC1. The minimum absolute atomic E-state index is 0.557. The number of rotatable bonds is 8. The molecule has 0 aromatic carbocycles. The van der Waals surface area contributed by atoms with Crippen LogP contribution in [-0.2, 0) is 4.74 Å². The molecule has 2 fully saturated rings. The summed E-state index contributed by atoms with van der Waals surface area (Å²) in [4.78, 5) is 2.74. The monoisotopic (exact) mass is 296 g/mol. The molecular formula is C18H36N2O. The Labute approximate surface area is 131 Å². The van der Waals surface area contributed by atoms with Gasteiger partial charge in [0.05, 0.1) is 0 Å². The van der Waals surface area contributed by atoms with Crippen LogP contribution in [0.25, 0.3) is 0 Å². The molecule has 2 aliphatic rings. The van der Waals surface area contributed by atoms with E-state index < -0.39 is 0 Å². The van der Waals surface area contributed by atoms with Crippen molar-refractivity contribution in [2.75, 3.05) is 46.4 Å². The van der Waals surface area contributed by atoms with Crippen molar-refractivity contribution in [2.24, 2.45) is 11.3 Å². The Hall–Kier alpha value is -0.120. The third-order valence-corrected chi connectivity index (χ3v) is 5.51. The van der Waals surface area contributed by atoms with E-state index in [-0.39, 0.29) is 0 Å². The van der Waals surface area contributed by atoms with Crippen LogP contribution in [-0.4, -0.2) is 51.3 Å². The van der Waals surface area contributed by atoms with Gasteiger partial charge in [-0.3, -0.25) is 0 Å². The molecule has 3 nitrogen and oxygen atoms in total. The largest absolute Gasteiger partial charge is 0.384 e. The molecule has 2 rings (SSSR count). The first-order chi connectivity index (χ1) is 10.3. The van der Waals surface area contributed by atoms with Crippen molar-refractivity contribution < 1.29 is 4.74 Å². The van der Waals surface area contributed by atoms with E-state index in [0.717, 1.165) is 12.5 Å². The second kappa shape index (κ2) is 9.12. The third kappa shape index (κ3) is 5.54. The van der Waals surface area contributed by atoms with E-state index in [0.29, 0.717) is 5.41 Å². The van der Waals surface area contributed by atoms with E-state index in [2.05, 4.69) is 17.1 Å². The number of nitrogens with one attached hydrogen (secondary N) is 1. The molecule has 0 atom stereocenters. The summed E-state index contributed by atoms with van der Waals surface area (Å²) < 4.78 is 5.32. The fourth-order valence-corrected chi connectivity index (χ4v) is 4.24. The van der Waals surface area contributed by atoms with Crippen molar-refractivity contribution in [3.05, 3.63) is 0 Å². The zero-order chi connectivity index (χ0) is 15.0. The van der Waals surface area contributed by atoms with Crippen LogP contribution in [0.1, 0.15) is 58.3 Å². The lowest BCUT2D eigenvalue weighted by Crippen LogP contribution is -2.48. The fourth-order valence-electron chi connectivity index (χ4n) is 4.24. The Bertz CT molecular complexity index is 268. The Morgan fingerprint density at radius 3 is 2.48 bits per heavy atom. The molecule has 1 aliphatic heterocycles. The second-order valence-corrected chi connectivity index (χ2v) is 7.41. The molecule has 0 unspecified atom stereocenters. The van der Waals surface area contributed by atoms with Gasteiger partial charge in [0.15, 0.2) is 0 Å². The first-order valence-corrected chi connectivity index (χ1v) is 9.20. The summed E-state index contributed by atoms with van der Waals surface area (Å²) in [5, 5.41) is 3.72. The van der Waals surface area contributed by atoms with Crippen molar-refractivity contribution in [1.29, 1.82) is 0 Å². The van der Waals surface area contributed by atoms with Crippen molar-refractivity contribution >= 4 is 0 Å². The number of methoxy groups -OCH3 is 1. The molecule has 0 aromatic heterocycles. The van der Waals surface area contributed by atoms with Crippen LogP contribution in [0.4, 0.5) is 0 Å². The van der Waals surface area contributed by atoms with Gasteiger partial charge in [-0.2, -0.15) is 0 Å². The van der Waals surface area contributed by atoms with Gasteiger partial charge in [-0.05, 0) is 63.1 Å². The summed E-state index contributed by atoms with van der Waals surface area (Å²) in [5.41, 5.74) is 0.557. The molecule has 0 amide bonds. The number of likely N-dealkylation sites (tertiary alicyclic amines) is 1. The van der Waals surface area contributed by atoms with Gasteiger partial charge in [0.1, 0.15) is 0 Å². The van der Waals surface area contributed by atoms with E-state index in [1.54, 1.807) is 0 Å². The maximum absolute atomic E-state index is 5.32. The smallest absolute Gasteiger partial charge is 0.0491 e. The number of ether oxygens (including phenoxy) is 1. The van der Waals surface area contributed by atoms with Gasteiger partial charge in [0, 0.05) is 26.8 Å². The normalized spacial score (nSPS) is 24.3. The number of nitrogens with zero attached hydrogens (tertiary/aromatic N) is 1. The topological polar surface area (TPSA) is 24.5 Å². The third-order valence-electron chi connectivity index (χ3n) is 5.51. The summed E-state index contributed by atoms with van der Waals surface area (Å²) in [6.07, 6.45) is 11.1. The highest BCUT2D eigenvalue weighted by atomic mass is 16.5. The van der Waals surface area contributed by atoms with Crippen LogP contribution in [0.3, 0.4) is 0 Å². The summed E-state index contributed by atoms with van der Waals surface area (Å²) in [5.74, 6) is 0.798. The molecule has 1 saturated carbocycles. The lowest BCUT2D eigenvalue weighted by atomic mass is 9.73. The van der Waals surface area contributed by atoms with Crippen LogP contribution in [0, 0.1) is 11.3 Å². The minimum atomic E-state index is 0.557. The predicted molar refractivity (Wildman–Crippen MR) is 89.7 cm³/mol. The highest BCUT2D eigenvalue weighted by Gasteiger charge is 2.34. The molecule has 1 aliphatic carbocycles. The van der Waals surface area contributed by atoms with Crippen LogP contribution in [0.2, 0.25) is 0 Å². The van der Waals surface area contributed by atoms with E-state index in [9.17, 15) is 0 Å². The van der Waals surface area contributed by atoms with Gasteiger partial charge >= 0.3 is 0 Å². The first kappa shape index (κ1) is 17.2. The number of piperidine rings is 1. The van der Waals surface area contributed by atoms with Crippen LogP contribution in [0.5, 0.6) is 0 Å². The van der Waals surface area contributed by atoms with Crippen molar-refractivity contribution in [2.45, 2.75) is 58.3 Å². The molecule has 0 radical (unpaired) electrons. The average molecular weight is 296 g/mol. The molecule has 124 valence electrons. The molecule has 0 spiro atoms. The maximum atomic E-state index is 5.32. The molecule has 3 heteroatoms. The van der Waals surface area contributed by atoms with Crippen molar-refractivity contribution in [1.82, 2.24) is 10.2 Å². The molecule has 0 aromatic rings. The summed E-state index contributed by atoms with van der Waals surface area (Å²) >= 11 is 0. The van der Waals surface area contributed by atoms with Crippen molar-refractivity contribution in [3.8, 4) is 0 Å². The van der Waals surface area contributed by atoms with Gasteiger partial charge in [0.2, 0.25) is 0 Å². The van der Waals surface area contributed by atoms with Crippen LogP contribution >= 0.6 is 0 Å². The Balaban J connectivity index is 1.81.